The molecular formula is C20H24N2O4. The number of benzene rings is 2. The molecule has 6 heteroatoms. The number of rotatable bonds is 8. The van der Waals surface area contributed by atoms with Crippen LogP contribution in [0.1, 0.15) is 12.5 Å². The van der Waals surface area contributed by atoms with Gasteiger partial charge in [0.05, 0.1) is 13.7 Å². The van der Waals surface area contributed by atoms with E-state index in [0.717, 1.165) is 12.0 Å². The minimum Gasteiger partial charge on any atom is -0.497 e. The van der Waals surface area contributed by atoms with Crippen molar-refractivity contribution in [2.45, 2.75) is 13.3 Å². The van der Waals surface area contributed by atoms with Gasteiger partial charge in [-0.3, -0.25) is 9.59 Å². The molecule has 2 amide bonds. The zero-order valence-corrected chi connectivity index (χ0v) is 15.3. The van der Waals surface area contributed by atoms with Crippen molar-refractivity contribution >= 4 is 17.5 Å². The van der Waals surface area contributed by atoms with E-state index in [1.165, 1.54) is 4.90 Å². The highest BCUT2D eigenvalue weighted by Crippen LogP contribution is 2.15. The Labute approximate surface area is 153 Å². The highest BCUT2D eigenvalue weighted by Gasteiger charge is 2.14. The lowest BCUT2D eigenvalue weighted by molar-refractivity contribution is -0.135. The van der Waals surface area contributed by atoms with E-state index in [4.69, 9.17) is 9.47 Å². The molecule has 2 aromatic carbocycles. The molecule has 0 saturated carbocycles. The third kappa shape index (κ3) is 5.81. The molecule has 0 heterocycles. The van der Waals surface area contributed by atoms with Crippen LogP contribution in [0.5, 0.6) is 11.5 Å². The van der Waals surface area contributed by atoms with Crippen LogP contribution in [0.25, 0.3) is 0 Å². The lowest BCUT2D eigenvalue weighted by Gasteiger charge is -2.17. The molecule has 6 nitrogen and oxygen atoms in total. The van der Waals surface area contributed by atoms with Crippen molar-refractivity contribution in [1.82, 2.24) is 4.90 Å². The molecule has 0 fully saturated rings. The molecule has 0 radical (unpaired) electrons. The zero-order chi connectivity index (χ0) is 18.9. The summed E-state index contributed by atoms with van der Waals surface area (Å²) in [6.45, 7) is 1.89. The Morgan fingerprint density at radius 2 is 1.81 bits per heavy atom. The van der Waals surface area contributed by atoms with Crippen LogP contribution in [-0.4, -0.2) is 44.0 Å². The fourth-order valence-electron chi connectivity index (χ4n) is 2.29. The van der Waals surface area contributed by atoms with Gasteiger partial charge in [-0.05, 0) is 48.4 Å². The molecule has 0 unspecified atom stereocenters. The smallest absolute Gasteiger partial charge is 0.260 e. The molecule has 0 bridgehead atoms. The van der Waals surface area contributed by atoms with Crippen molar-refractivity contribution in [2.24, 2.45) is 0 Å². The van der Waals surface area contributed by atoms with Gasteiger partial charge < -0.3 is 19.7 Å². The number of carbonyl (C=O) groups is 2. The quantitative estimate of drug-likeness (QED) is 0.790. The van der Waals surface area contributed by atoms with Crippen LogP contribution < -0.4 is 14.8 Å². The first-order chi connectivity index (χ1) is 12.5. The third-order valence-electron chi connectivity index (χ3n) is 3.85. The van der Waals surface area contributed by atoms with Gasteiger partial charge in [-0.2, -0.15) is 0 Å². The van der Waals surface area contributed by atoms with Crippen LogP contribution in [0.4, 0.5) is 5.69 Å². The van der Waals surface area contributed by atoms with Crippen molar-refractivity contribution in [2.75, 3.05) is 32.6 Å². The predicted molar refractivity (Wildman–Crippen MR) is 101 cm³/mol. The average molecular weight is 356 g/mol. The van der Waals surface area contributed by atoms with Gasteiger partial charge in [0.1, 0.15) is 11.5 Å². The Morgan fingerprint density at radius 1 is 1.08 bits per heavy atom. The van der Waals surface area contributed by atoms with Gasteiger partial charge in [-0.1, -0.05) is 19.1 Å². The molecule has 26 heavy (non-hydrogen) atoms. The van der Waals surface area contributed by atoms with Crippen LogP contribution in [0, 0.1) is 0 Å². The van der Waals surface area contributed by atoms with E-state index in [9.17, 15) is 9.59 Å². The van der Waals surface area contributed by atoms with Gasteiger partial charge in [-0.25, -0.2) is 0 Å². The van der Waals surface area contributed by atoms with Crippen molar-refractivity contribution < 1.29 is 19.1 Å². The Balaban J connectivity index is 1.80. The minimum absolute atomic E-state index is 0.0524. The second-order valence-corrected chi connectivity index (χ2v) is 5.82. The summed E-state index contributed by atoms with van der Waals surface area (Å²) in [7, 11) is 3.15. The molecule has 0 aromatic heterocycles. The summed E-state index contributed by atoms with van der Waals surface area (Å²) in [6.07, 6.45) is 0.899. The largest absolute Gasteiger partial charge is 0.497 e. The van der Waals surface area contributed by atoms with Crippen LogP contribution in [0.3, 0.4) is 0 Å². The Hall–Kier alpha value is -3.02. The number of ether oxygens (including phenoxy) is 2. The van der Waals surface area contributed by atoms with Crippen molar-refractivity contribution in [3.63, 3.8) is 0 Å². The summed E-state index contributed by atoms with van der Waals surface area (Å²) in [5, 5.41) is 2.74. The topological polar surface area (TPSA) is 67.9 Å². The summed E-state index contributed by atoms with van der Waals surface area (Å²) in [6, 6.07) is 14.6. The maximum atomic E-state index is 12.1. The number of hydrogen-bond acceptors (Lipinski definition) is 4. The first-order valence-corrected chi connectivity index (χ1v) is 8.41. The number of aryl methyl sites for hydroxylation is 1. The Kier molecular flexibility index (Phi) is 7.02. The molecule has 0 atom stereocenters. The summed E-state index contributed by atoms with van der Waals surface area (Å²) >= 11 is 0. The number of hydrogen-bond donors (Lipinski definition) is 1. The summed E-state index contributed by atoms with van der Waals surface area (Å²) in [5.74, 6) is 0.809. The van der Waals surface area contributed by atoms with E-state index in [-0.39, 0.29) is 25.0 Å². The van der Waals surface area contributed by atoms with Crippen molar-refractivity contribution in [3.8, 4) is 11.5 Å². The minimum atomic E-state index is -0.279. The lowest BCUT2D eigenvalue weighted by atomic mass is 10.2. The first kappa shape index (κ1) is 19.3. The molecule has 2 rings (SSSR count). The number of nitrogens with one attached hydrogen (secondary N) is 1. The maximum absolute atomic E-state index is 12.1. The Bertz CT molecular complexity index is 744. The van der Waals surface area contributed by atoms with Crippen LogP contribution in [-0.2, 0) is 16.0 Å². The van der Waals surface area contributed by atoms with Gasteiger partial charge in [0.15, 0.2) is 6.61 Å². The number of carbonyl (C=O) groups excluding carboxylic acids is 2. The standard InChI is InChI=1S/C20H24N2O4/c1-4-15-6-5-7-18(12-15)26-14-20(24)22(2)13-19(23)21-16-8-10-17(25-3)11-9-16/h5-12H,4,13-14H2,1-3H3,(H,21,23). The van der Waals surface area contributed by atoms with E-state index < -0.39 is 0 Å². The Morgan fingerprint density at radius 3 is 2.46 bits per heavy atom. The van der Waals surface area contributed by atoms with Gasteiger partial charge in [-0.15, -0.1) is 0 Å². The van der Waals surface area contributed by atoms with E-state index in [1.54, 1.807) is 38.4 Å². The molecule has 1 N–H and O–H groups in total. The van der Waals surface area contributed by atoms with Crippen LogP contribution >= 0.6 is 0 Å². The molecule has 138 valence electrons. The van der Waals surface area contributed by atoms with E-state index in [2.05, 4.69) is 12.2 Å². The van der Waals surface area contributed by atoms with E-state index in [1.807, 2.05) is 24.3 Å². The van der Waals surface area contributed by atoms with Crippen LogP contribution in [0.2, 0.25) is 0 Å². The van der Waals surface area contributed by atoms with Gasteiger partial charge >= 0.3 is 0 Å². The second-order valence-electron chi connectivity index (χ2n) is 5.82. The molecule has 0 saturated heterocycles. The molecule has 0 aliphatic carbocycles. The zero-order valence-electron chi connectivity index (χ0n) is 15.3. The van der Waals surface area contributed by atoms with Gasteiger partial charge in [0.2, 0.25) is 5.91 Å². The lowest BCUT2D eigenvalue weighted by Crippen LogP contribution is -2.37. The molecule has 2 aromatic rings. The second kappa shape index (κ2) is 9.46. The monoisotopic (exact) mass is 356 g/mol. The highest BCUT2D eigenvalue weighted by molar-refractivity contribution is 5.94. The average Bonchev–Trinajstić information content (AvgIpc) is 2.66. The number of likely N-dealkylation sites (N-methyl/N-ethyl adjacent to an activating group) is 1. The number of amides is 2. The van der Waals surface area contributed by atoms with Gasteiger partial charge in [0.25, 0.3) is 5.91 Å². The molecule has 0 aliphatic rings. The maximum Gasteiger partial charge on any atom is 0.260 e. The SMILES string of the molecule is CCc1cccc(OCC(=O)N(C)CC(=O)Nc2ccc(OC)cc2)c1. The molecular weight excluding hydrogens is 332 g/mol. The van der Waals surface area contributed by atoms with Crippen molar-refractivity contribution in [3.05, 3.63) is 54.1 Å². The van der Waals surface area contributed by atoms with Crippen molar-refractivity contribution in [1.29, 1.82) is 0 Å². The number of nitrogens with zero attached hydrogens (tertiary/aromatic N) is 1. The number of methoxy groups -OCH3 is 1. The van der Waals surface area contributed by atoms with E-state index in [0.29, 0.717) is 17.2 Å². The first-order valence-electron chi connectivity index (χ1n) is 8.41. The highest BCUT2D eigenvalue weighted by atomic mass is 16.5. The van der Waals surface area contributed by atoms with Crippen LogP contribution in [0.15, 0.2) is 48.5 Å². The summed E-state index contributed by atoms with van der Waals surface area (Å²) in [5.41, 5.74) is 1.78. The third-order valence-corrected chi connectivity index (χ3v) is 3.85. The summed E-state index contributed by atoms with van der Waals surface area (Å²) in [4.78, 5) is 25.5. The molecule has 0 aliphatic heterocycles. The van der Waals surface area contributed by atoms with Gasteiger partial charge in [0, 0.05) is 12.7 Å². The normalized spacial score (nSPS) is 10.1. The fourth-order valence-corrected chi connectivity index (χ4v) is 2.29. The molecule has 0 spiro atoms. The summed E-state index contributed by atoms with van der Waals surface area (Å²) < 4.78 is 10.6. The van der Waals surface area contributed by atoms with E-state index >= 15 is 0 Å². The number of anilines is 1. The fraction of sp³-hybridized carbons (Fsp3) is 0.300. The predicted octanol–water partition coefficient (Wildman–Crippen LogP) is 2.73.